The summed E-state index contributed by atoms with van der Waals surface area (Å²) in [5.74, 6) is 0. The van der Waals surface area contributed by atoms with E-state index in [1.807, 2.05) is 36.7 Å². The molecule has 1 aromatic heterocycles. The molecule has 0 saturated carbocycles. The van der Waals surface area contributed by atoms with Crippen molar-refractivity contribution in [1.82, 2.24) is 4.98 Å². The van der Waals surface area contributed by atoms with Crippen LogP contribution in [0.3, 0.4) is 0 Å². The number of aromatic nitrogens is 1. The summed E-state index contributed by atoms with van der Waals surface area (Å²) >= 11 is 0. The second-order valence-electron chi connectivity index (χ2n) is 7.15. The van der Waals surface area contributed by atoms with Gasteiger partial charge in [-0.25, -0.2) is 0 Å². The fourth-order valence-corrected chi connectivity index (χ4v) is 3.71. The van der Waals surface area contributed by atoms with Crippen molar-refractivity contribution in [3.63, 3.8) is 0 Å². The molecule has 0 unspecified atom stereocenters. The van der Waals surface area contributed by atoms with Gasteiger partial charge in [0.05, 0.1) is 11.4 Å². The first-order chi connectivity index (χ1) is 14.9. The molecule has 0 bridgehead atoms. The standard InChI is InChI=1S/C28H20N2/c1-2-10-22(11-3-1)25-14-6-7-16-27(25)30-20-21-9-8-13-24(19-21)28-26-15-5-4-12-23(26)17-18-29-28/h1-20H. The molecule has 4 aromatic carbocycles. The predicted octanol–water partition coefficient (Wildman–Crippen LogP) is 7.32. The van der Waals surface area contributed by atoms with E-state index in [0.717, 1.165) is 33.5 Å². The molecule has 0 spiro atoms. The maximum Gasteiger partial charge on any atom is 0.0780 e. The van der Waals surface area contributed by atoms with Crippen LogP contribution in [0.25, 0.3) is 33.2 Å². The van der Waals surface area contributed by atoms with Gasteiger partial charge >= 0.3 is 0 Å². The molecule has 0 saturated heterocycles. The van der Waals surface area contributed by atoms with E-state index >= 15 is 0 Å². The van der Waals surface area contributed by atoms with Gasteiger partial charge in [0.25, 0.3) is 0 Å². The van der Waals surface area contributed by atoms with Crippen molar-refractivity contribution in [2.45, 2.75) is 0 Å². The van der Waals surface area contributed by atoms with Crippen molar-refractivity contribution in [2.24, 2.45) is 4.99 Å². The van der Waals surface area contributed by atoms with Crippen LogP contribution < -0.4 is 0 Å². The van der Waals surface area contributed by atoms with Crippen molar-refractivity contribution in [1.29, 1.82) is 0 Å². The van der Waals surface area contributed by atoms with Gasteiger partial charge in [0.15, 0.2) is 0 Å². The summed E-state index contributed by atoms with van der Waals surface area (Å²) in [6, 6.07) is 37.4. The SMILES string of the molecule is C(=Nc1ccccc1-c1ccccc1)c1cccc(-c2nccc3ccccc23)c1. The van der Waals surface area contributed by atoms with Crippen LogP contribution in [0, 0.1) is 0 Å². The highest BCUT2D eigenvalue weighted by molar-refractivity contribution is 5.95. The molecule has 0 aliphatic rings. The number of aliphatic imine (C=N–C) groups is 1. The lowest BCUT2D eigenvalue weighted by Gasteiger charge is -2.07. The van der Waals surface area contributed by atoms with Gasteiger partial charge in [-0.15, -0.1) is 0 Å². The zero-order valence-electron chi connectivity index (χ0n) is 16.4. The maximum atomic E-state index is 4.80. The molecule has 0 aliphatic heterocycles. The molecule has 0 atom stereocenters. The van der Waals surface area contributed by atoms with E-state index in [-0.39, 0.29) is 0 Å². The van der Waals surface area contributed by atoms with Crippen molar-refractivity contribution in [2.75, 3.05) is 0 Å². The summed E-state index contributed by atoms with van der Waals surface area (Å²) in [6.07, 6.45) is 3.80. The Labute approximate surface area is 176 Å². The first-order valence-corrected chi connectivity index (χ1v) is 10.0. The lowest BCUT2D eigenvalue weighted by Crippen LogP contribution is -1.88. The fourth-order valence-electron chi connectivity index (χ4n) is 3.71. The van der Waals surface area contributed by atoms with Crippen LogP contribution in [0.1, 0.15) is 5.56 Å². The summed E-state index contributed by atoms with van der Waals surface area (Å²) < 4.78 is 0. The molecule has 142 valence electrons. The van der Waals surface area contributed by atoms with Crippen molar-refractivity contribution in [3.8, 4) is 22.4 Å². The largest absolute Gasteiger partial charge is 0.256 e. The van der Waals surface area contributed by atoms with Gasteiger partial charge in [0, 0.05) is 28.9 Å². The smallest absolute Gasteiger partial charge is 0.0780 e. The zero-order valence-corrected chi connectivity index (χ0v) is 16.4. The van der Waals surface area contributed by atoms with Gasteiger partial charge in [-0.05, 0) is 34.7 Å². The number of pyridine rings is 1. The lowest BCUT2D eigenvalue weighted by atomic mass is 10.0. The number of nitrogens with zero attached hydrogens (tertiary/aromatic N) is 2. The van der Waals surface area contributed by atoms with Crippen molar-refractivity contribution in [3.05, 3.63) is 121 Å². The minimum Gasteiger partial charge on any atom is -0.256 e. The van der Waals surface area contributed by atoms with Gasteiger partial charge in [-0.2, -0.15) is 0 Å². The second kappa shape index (κ2) is 8.14. The van der Waals surface area contributed by atoms with E-state index in [0.29, 0.717) is 0 Å². The van der Waals surface area contributed by atoms with Crippen molar-refractivity contribution >= 4 is 22.7 Å². The van der Waals surface area contributed by atoms with Crippen LogP contribution in [0.4, 0.5) is 5.69 Å². The quantitative estimate of drug-likeness (QED) is 0.298. The van der Waals surface area contributed by atoms with E-state index in [1.54, 1.807) is 0 Å². The molecule has 5 rings (SSSR count). The Morgan fingerprint density at radius 1 is 0.633 bits per heavy atom. The number of para-hydroxylation sites is 1. The summed E-state index contributed by atoms with van der Waals surface area (Å²) in [6.45, 7) is 0. The average Bonchev–Trinajstić information content (AvgIpc) is 2.83. The fraction of sp³-hybridized carbons (Fsp3) is 0. The molecular weight excluding hydrogens is 364 g/mol. The summed E-state index contributed by atoms with van der Waals surface area (Å²) in [4.78, 5) is 9.45. The Bertz CT molecular complexity index is 1330. The minimum absolute atomic E-state index is 0.956. The molecule has 0 aliphatic carbocycles. The normalized spacial score (nSPS) is 11.2. The molecule has 0 fully saturated rings. The van der Waals surface area contributed by atoms with Crippen molar-refractivity contribution < 1.29 is 0 Å². The van der Waals surface area contributed by atoms with E-state index < -0.39 is 0 Å². The predicted molar refractivity (Wildman–Crippen MR) is 126 cm³/mol. The monoisotopic (exact) mass is 384 g/mol. The number of rotatable bonds is 4. The van der Waals surface area contributed by atoms with Crippen LogP contribution in [0.15, 0.2) is 120 Å². The first-order valence-electron chi connectivity index (χ1n) is 10.0. The molecular formula is C28H20N2. The summed E-state index contributed by atoms with van der Waals surface area (Å²) in [5, 5.41) is 2.35. The number of hydrogen-bond acceptors (Lipinski definition) is 2. The zero-order chi connectivity index (χ0) is 20.2. The van der Waals surface area contributed by atoms with Crippen LogP contribution in [-0.2, 0) is 0 Å². The molecule has 0 radical (unpaired) electrons. The van der Waals surface area contributed by atoms with Crippen LogP contribution in [0.5, 0.6) is 0 Å². The summed E-state index contributed by atoms with van der Waals surface area (Å²) in [5.41, 5.74) is 6.38. The Hall–Kier alpha value is -4.04. The molecule has 30 heavy (non-hydrogen) atoms. The molecule has 1 heterocycles. The lowest BCUT2D eigenvalue weighted by molar-refractivity contribution is 1.36. The van der Waals surface area contributed by atoms with Crippen LogP contribution in [0.2, 0.25) is 0 Å². The Balaban J connectivity index is 1.51. The Morgan fingerprint density at radius 2 is 1.40 bits per heavy atom. The first kappa shape index (κ1) is 18.0. The number of benzene rings is 4. The summed E-state index contributed by atoms with van der Waals surface area (Å²) in [7, 11) is 0. The molecule has 5 aromatic rings. The topological polar surface area (TPSA) is 25.2 Å². The molecule has 2 heteroatoms. The number of fused-ring (bicyclic) bond motifs is 1. The third-order valence-corrected chi connectivity index (χ3v) is 5.18. The minimum atomic E-state index is 0.956. The second-order valence-corrected chi connectivity index (χ2v) is 7.15. The molecule has 0 N–H and O–H groups in total. The average molecular weight is 384 g/mol. The highest BCUT2D eigenvalue weighted by Crippen LogP contribution is 2.30. The number of hydrogen-bond donors (Lipinski definition) is 0. The van der Waals surface area contributed by atoms with Crippen LogP contribution in [-0.4, -0.2) is 11.2 Å². The van der Waals surface area contributed by atoms with Gasteiger partial charge in [-0.1, -0.05) is 91.0 Å². The maximum absolute atomic E-state index is 4.80. The highest BCUT2D eigenvalue weighted by Gasteiger charge is 2.06. The van der Waals surface area contributed by atoms with Gasteiger partial charge < -0.3 is 0 Å². The Morgan fingerprint density at radius 3 is 2.33 bits per heavy atom. The highest BCUT2D eigenvalue weighted by atomic mass is 14.7. The Kier molecular flexibility index (Phi) is 4.89. The third-order valence-electron chi connectivity index (χ3n) is 5.18. The van der Waals surface area contributed by atoms with E-state index in [2.05, 4.69) is 89.9 Å². The third kappa shape index (κ3) is 3.63. The van der Waals surface area contributed by atoms with E-state index in [4.69, 9.17) is 4.99 Å². The van der Waals surface area contributed by atoms with E-state index in [9.17, 15) is 0 Å². The molecule has 2 nitrogen and oxygen atoms in total. The molecule has 0 amide bonds. The van der Waals surface area contributed by atoms with E-state index in [1.165, 1.54) is 10.9 Å². The van der Waals surface area contributed by atoms with Crippen LogP contribution >= 0.6 is 0 Å². The van der Waals surface area contributed by atoms with Gasteiger partial charge in [-0.3, -0.25) is 9.98 Å². The van der Waals surface area contributed by atoms with Gasteiger partial charge in [0.1, 0.15) is 0 Å². The van der Waals surface area contributed by atoms with Gasteiger partial charge in [0.2, 0.25) is 0 Å².